The maximum absolute atomic E-state index is 12.3. The molecule has 0 fully saturated rings. The number of halogens is 1. The summed E-state index contributed by atoms with van der Waals surface area (Å²) in [5, 5.41) is 3.58. The fraction of sp³-hybridized carbons (Fsp3) is 0.235. The van der Waals surface area contributed by atoms with E-state index in [0.717, 1.165) is 12.0 Å². The highest BCUT2D eigenvalue weighted by Crippen LogP contribution is 2.23. The van der Waals surface area contributed by atoms with Gasteiger partial charge in [-0.25, -0.2) is 0 Å². The number of carbonyl (C=O) groups is 1. The van der Waals surface area contributed by atoms with Gasteiger partial charge in [0.15, 0.2) is 0 Å². The molecule has 0 saturated heterocycles. The summed E-state index contributed by atoms with van der Waals surface area (Å²) < 4.78 is 10.4. The van der Waals surface area contributed by atoms with Gasteiger partial charge in [0, 0.05) is 11.6 Å². The summed E-state index contributed by atoms with van der Waals surface area (Å²) >= 11 is 5.84. The molecule has 1 amide bonds. The number of hydrogen-bond acceptors (Lipinski definition) is 3. The molecular weight excluding hydrogens is 302 g/mol. The van der Waals surface area contributed by atoms with Crippen LogP contribution in [0.2, 0.25) is 5.02 Å². The fourth-order valence-corrected chi connectivity index (χ4v) is 2.18. The normalized spacial score (nSPS) is 10.1. The van der Waals surface area contributed by atoms with Crippen LogP contribution < -0.4 is 14.8 Å². The third-order valence-electron chi connectivity index (χ3n) is 3.26. The maximum Gasteiger partial charge on any atom is 0.255 e. The molecular formula is C17H18ClNO3. The molecule has 0 aliphatic rings. The molecule has 4 nitrogen and oxygen atoms in total. The summed E-state index contributed by atoms with van der Waals surface area (Å²) in [6, 6.07) is 12.7. The van der Waals surface area contributed by atoms with Crippen LogP contribution in [0, 0.1) is 0 Å². The number of carbonyl (C=O) groups excluding carboxylic acids is 1. The Morgan fingerprint density at radius 2 is 1.82 bits per heavy atom. The van der Waals surface area contributed by atoms with Crippen molar-refractivity contribution in [2.45, 2.75) is 6.42 Å². The Morgan fingerprint density at radius 3 is 2.45 bits per heavy atom. The Labute approximate surface area is 135 Å². The first kappa shape index (κ1) is 16.2. The average Bonchev–Trinajstić information content (AvgIpc) is 2.56. The smallest absolute Gasteiger partial charge is 0.255 e. The first-order chi connectivity index (χ1) is 10.6. The number of rotatable bonds is 6. The second kappa shape index (κ2) is 7.71. The molecule has 0 saturated carbocycles. The van der Waals surface area contributed by atoms with Gasteiger partial charge in [0.1, 0.15) is 11.5 Å². The molecule has 116 valence electrons. The summed E-state index contributed by atoms with van der Waals surface area (Å²) in [5.41, 5.74) is 1.57. The van der Waals surface area contributed by atoms with Crippen molar-refractivity contribution in [2.24, 2.45) is 0 Å². The third kappa shape index (κ3) is 4.15. The number of methoxy groups -OCH3 is 2. The zero-order valence-corrected chi connectivity index (χ0v) is 13.3. The minimum absolute atomic E-state index is 0.190. The van der Waals surface area contributed by atoms with Gasteiger partial charge in [0.2, 0.25) is 0 Å². The first-order valence-electron chi connectivity index (χ1n) is 6.88. The van der Waals surface area contributed by atoms with Gasteiger partial charge in [-0.1, -0.05) is 23.7 Å². The van der Waals surface area contributed by atoms with Crippen molar-refractivity contribution >= 4 is 17.5 Å². The van der Waals surface area contributed by atoms with Crippen molar-refractivity contribution < 1.29 is 14.3 Å². The minimum atomic E-state index is -0.190. The number of benzene rings is 2. The Morgan fingerprint density at radius 1 is 1.09 bits per heavy atom. The summed E-state index contributed by atoms with van der Waals surface area (Å²) in [4.78, 5) is 12.3. The van der Waals surface area contributed by atoms with Crippen molar-refractivity contribution in [3.63, 3.8) is 0 Å². The van der Waals surface area contributed by atoms with Gasteiger partial charge in [-0.3, -0.25) is 4.79 Å². The van der Waals surface area contributed by atoms with E-state index in [0.29, 0.717) is 28.6 Å². The van der Waals surface area contributed by atoms with E-state index < -0.39 is 0 Å². The average molecular weight is 320 g/mol. The second-order valence-electron chi connectivity index (χ2n) is 4.70. The van der Waals surface area contributed by atoms with Crippen molar-refractivity contribution in [3.05, 3.63) is 58.6 Å². The SMILES string of the molecule is COc1ccc(OC)c(C(=O)NCCc2ccc(Cl)cc2)c1. The highest BCUT2D eigenvalue weighted by Gasteiger charge is 2.13. The molecule has 2 rings (SSSR count). The molecule has 0 aliphatic carbocycles. The van der Waals surface area contributed by atoms with Crippen LogP contribution in [0.4, 0.5) is 0 Å². The molecule has 0 atom stereocenters. The van der Waals surface area contributed by atoms with Gasteiger partial charge in [0.25, 0.3) is 5.91 Å². The predicted molar refractivity (Wildman–Crippen MR) is 87.0 cm³/mol. The molecule has 2 aromatic carbocycles. The van der Waals surface area contributed by atoms with E-state index in [1.165, 1.54) is 7.11 Å². The lowest BCUT2D eigenvalue weighted by Crippen LogP contribution is -2.26. The zero-order chi connectivity index (χ0) is 15.9. The van der Waals surface area contributed by atoms with Crippen molar-refractivity contribution in [2.75, 3.05) is 20.8 Å². The van der Waals surface area contributed by atoms with Gasteiger partial charge >= 0.3 is 0 Å². The van der Waals surface area contributed by atoms with Gasteiger partial charge in [-0.2, -0.15) is 0 Å². The van der Waals surface area contributed by atoms with Crippen molar-refractivity contribution in [1.82, 2.24) is 5.32 Å². The molecule has 0 radical (unpaired) electrons. The number of ether oxygens (including phenoxy) is 2. The van der Waals surface area contributed by atoms with Crippen LogP contribution in [0.3, 0.4) is 0 Å². The molecule has 0 unspecified atom stereocenters. The standard InChI is InChI=1S/C17H18ClNO3/c1-21-14-7-8-16(22-2)15(11-14)17(20)19-10-9-12-3-5-13(18)6-4-12/h3-8,11H,9-10H2,1-2H3,(H,19,20). The highest BCUT2D eigenvalue weighted by molar-refractivity contribution is 6.30. The molecule has 0 spiro atoms. The lowest BCUT2D eigenvalue weighted by atomic mass is 10.1. The van der Waals surface area contributed by atoms with Crippen LogP contribution in [0.5, 0.6) is 11.5 Å². The first-order valence-corrected chi connectivity index (χ1v) is 7.26. The highest BCUT2D eigenvalue weighted by atomic mass is 35.5. The van der Waals surface area contributed by atoms with E-state index in [9.17, 15) is 4.79 Å². The Kier molecular flexibility index (Phi) is 5.67. The van der Waals surface area contributed by atoms with E-state index >= 15 is 0 Å². The zero-order valence-electron chi connectivity index (χ0n) is 12.6. The van der Waals surface area contributed by atoms with Crippen molar-refractivity contribution in [3.8, 4) is 11.5 Å². The third-order valence-corrected chi connectivity index (χ3v) is 3.52. The van der Waals surface area contributed by atoms with Crippen LogP contribution in [0.15, 0.2) is 42.5 Å². The lowest BCUT2D eigenvalue weighted by molar-refractivity contribution is 0.0950. The van der Waals surface area contributed by atoms with Gasteiger partial charge in [-0.15, -0.1) is 0 Å². The van der Waals surface area contributed by atoms with Crippen LogP contribution in [0.1, 0.15) is 15.9 Å². The van der Waals surface area contributed by atoms with Crippen LogP contribution in [-0.4, -0.2) is 26.7 Å². The van der Waals surface area contributed by atoms with Crippen molar-refractivity contribution in [1.29, 1.82) is 0 Å². The minimum Gasteiger partial charge on any atom is -0.497 e. The maximum atomic E-state index is 12.3. The van der Waals surface area contributed by atoms with Gasteiger partial charge in [0.05, 0.1) is 19.8 Å². The number of amides is 1. The lowest BCUT2D eigenvalue weighted by Gasteiger charge is -2.11. The molecule has 1 N–H and O–H groups in total. The van der Waals surface area contributed by atoms with Crippen LogP contribution in [0.25, 0.3) is 0 Å². The number of nitrogens with one attached hydrogen (secondary N) is 1. The van der Waals surface area contributed by atoms with E-state index in [1.54, 1.807) is 25.3 Å². The molecule has 0 heterocycles. The quantitative estimate of drug-likeness (QED) is 0.888. The molecule has 0 bridgehead atoms. The number of hydrogen-bond donors (Lipinski definition) is 1. The van der Waals surface area contributed by atoms with E-state index in [4.69, 9.17) is 21.1 Å². The van der Waals surface area contributed by atoms with Crippen LogP contribution >= 0.6 is 11.6 Å². The summed E-state index contributed by atoms with van der Waals surface area (Å²) in [5.74, 6) is 0.943. The largest absolute Gasteiger partial charge is 0.497 e. The molecule has 5 heteroatoms. The Balaban J connectivity index is 1.98. The molecule has 22 heavy (non-hydrogen) atoms. The van der Waals surface area contributed by atoms with E-state index in [-0.39, 0.29) is 5.91 Å². The van der Waals surface area contributed by atoms with Gasteiger partial charge in [-0.05, 0) is 42.3 Å². The topological polar surface area (TPSA) is 47.6 Å². The summed E-state index contributed by atoms with van der Waals surface area (Å²) in [6.07, 6.45) is 0.731. The molecule has 0 aliphatic heterocycles. The second-order valence-corrected chi connectivity index (χ2v) is 5.14. The summed E-state index contributed by atoms with van der Waals surface area (Å²) in [7, 11) is 3.09. The van der Waals surface area contributed by atoms with Crippen LogP contribution in [-0.2, 0) is 6.42 Å². The monoisotopic (exact) mass is 319 g/mol. The Bertz CT molecular complexity index is 641. The molecule has 2 aromatic rings. The molecule has 0 aromatic heterocycles. The fourth-order valence-electron chi connectivity index (χ4n) is 2.06. The van der Waals surface area contributed by atoms with E-state index in [2.05, 4.69) is 5.32 Å². The Hall–Kier alpha value is -2.20. The predicted octanol–water partition coefficient (Wildman–Crippen LogP) is 3.33. The van der Waals surface area contributed by atoms with Gasteiger partial charge < -0.3 is 14.8 Å². The van der Waals surface area contributed by atoms with E-state index in [1.807, 2.05) is 24.3 Å². The summed E-state index contributed by atoms with van der Waals surface area (Å²) in [6.45, 7) is 0.529.